The van der Waals surface area contributed by atoms with Crippen molar-refractivity contribution in [3.8, 4) is 11.5 Å². The summed E-state index contributed by atoms with van der Waals surface area (Å²) < 4.78 is 11.7. The quantitative estimate of drug-likeness (QED) is 0.871. The van der Waals surface area contributed by atoms with Gasteiger partial charge in [0, 0.05) is 34.9 Å². The third-order valence-corrected chi connectivity index (χ3v) is 4.14. The minimum atomic E-state index is -0.278. The summed E-state index contributed by atoms with van der Waals surface area (Å²) in [6, 6.07) is 0. The summed E-state index contributed by atoms with van der Waals surface area (Å²) in [6.07, 6.45) is 1.87. The average molecular weight is 248 g/mol. The molecule has 0 fully saturated rings. The maximum absolute atomic E-state index is 9.68. The van der Waals surface area contributed by atoms with Crippen LogP contribution in [0, 0.1) is 6.92 Å². The Morgan fingerprint density at radius 1 is 1.06 bits per heavy atom. The number of ether oxygens (including phenoxy) is 2. The van der Waals surface area contributed by atoms with Gasteiger partial charge < -0.3 is 14.6 Å². The zero-order valence-electron chi connectivity index (χ0n) is 11.3. The number of rotatable bonds is 2. The van der Waals surface area contributed by atoms with Gasteiger partial charge in [0.05, 0.1) is 19.8 Å². The Balaban J connectivity index is 2.31. The first-order valence-corrected chi connectivity index (χ1v) is 6.61. The molecule has 3 heteroatoms. The van der Waals surface area contributed by atoms with Gasteiger partial charge in [0.15, 0.2) is 0 Å². The van der Waals surface area contributed by atoms with Crippen molar-refractivity contribution in [2.45, 2.75) is 39.0 Å². The van der Waals surface area contributed by atoms with Crippen LogP contribution >= 0.6 is 0 Å². The Kier molecular flexibility index (Phi) is 2.56. The molecule has 1 aromatic carbocycles. The van der Waals surface area contributed by atoms with Gasteiger partial charge in [0.1, 0.15) is 11.5 Å². The standard InChI is InChI=1S/C15H20O3/c1-9-10-4-6-18-14(10)12(15(2,3)8-16)11-5-7-17-13(9)11/h16H,4-8H2,1-3H3. The lowest BCUT2D eigenvalue weighted by Gasteiger charge is -2.28. The largest absolute Gasteiger partial charge is 0.493 e. The van der Waals surface area contributed by atoms with E-state index in [0.29, 0.717) is 0 Å². The SMILES string of the molecule is Cc1c2c(c(C(C)(C)CO)c3c1OCC3)OCC2. The lowest BCUT2D eigenvalue weighted by molar-refractivity contribution is 0.213. The molecule has 0 saturated carbocycles. The van der Waals surface area contributed by atoms with Crippen LogP contribution in [0.15, 0.2) is 0 Å². The monoisotopic (exact) mass is 248 g/mol. The van der Waals surface area contributed by atoms with Gasteiger partial charge in [0.2, 0.25) is 0 Å². The van der Waals surface area contributed by atoms with E-state index in [1.807, 2.05) is 0 Å². The fourth-order valence-electron chi connectivity index (χ4n) is 3.13. The van der Waals surface area contributed by atoms with E-state index < -0.39 is 0 Å². The third kappa shape index (κ3) is 1.46. The van der Waals surface area contributed by atoms with Crippen LogP contribution in [-0.4, -0.2) is 24.9 Å². The van der Waals surface area contributed by atoms with Crippen LogP contribution < -0.4 is 9.47 Å². The van der Waals surface area contributed by atoms with E-state index in [1.54, 1.807) is 0 Å². The van der Waals surface area contributed by atoms with Crippen molar-refractivity contribution >= 4 is 0 Å². The maximum atomic E-state index is 9.68. The first kappa shape index (κ1) is 11.8. The lowest BCUT2D eigenvalue weighted by atomic mass is 9.79. The summed E-state index contributed by atoms with van der Waals surface area (Å²) in [6.45, 7) is 7.86. The Morgan fingerprint density at radius 3 is 2.33 bits per heavy atom. The van der Waals surface area contributed by atoms with Crippen LogP contribution in [0.3, 0.4) is 0 Å². The molecule has 0 amide bonds. The van der Waals surface area contributed by atoms with Gasteiger partial charge in [-0.05, 0) is 12.5 Å². The van der Waals surface area contributed by atoms with E-state index in [1.165, 1.54) is 16.7 Å². The van der Waals surface area contributed by atoms with E-state index in [2.05, 4.69) is 20.8 Å². The number of benzene rings is 1. The van der Waals surface area contributed by atoms with E-state index in [0.717, 1.165) is 43.1 Å². The van der Waals surface area contributed by atoms with E-state index in [9.17, 15) is 5.11 Å². The molecular weight excluding hydrogens is 228 g/mol. The predicted molar refractivity (Wildman–Crippen MR) is 69.7 cm³/mol. The second kappa shape index (κ2) is 3.89. The van der Waals surface area contributed by atoms with Crippen molar-refractivity contribution < 1.29 is 14.6 Å². The molecule has 1 aromatic rings. The summed E-state index contributed by atoms with van der Waals surface area (Å²) in [5, 5.41) is 9.68. The van der Waals surface area contributed by atoms with E-state index in [-0.39, 0.29) is 12.0 Å². The van der Waals surface area contributed by atoms with Gasteiger partial charge in [-0.2, -0.15) is 0 Å². The first-order valence-electron chi connectivity index (χ1n) is 6.61. The average Bonchev–Trinajstić information content (AvgIpc) is 2.97. The Bertz CT molecular complexity index is 468. The third-order valence-electron chi connectivity index (χ3n) is 4.14. The highest BCUT2D eigenvalue weighted by Gasteiger charge is 2.36. The minimum absolute atomic E-state index is 0.123. The Labute approximate surface area is 108 Å². The number of aliphatic hydroxyl groups excluding tert-OH is 1. The topological polar surface area (TPSA) is 38.7 Å². The van der Waals surface area contributed by atoms with Crippen molar-refractivity contribution in [2.75, 3.05) is 19.8 Å². The van der Waals surface area contributed by atoms with E-state index in [4.69, 9.17) is 9.47 Å². The normalized spacial score (nSPS) is 17.1. The smallest absolute Gasteiger partial charge is 0.127 e. The predicted octanol–water partition coefficient (Wildman–Crippen LogP) is 2.13. The summed E-state index contributed by atoms with van der Waals surface area (Å²) >= 11 is 0. The van der Waals surface area contributed by atoms with Gasteiger partial charge in [-0.3, -0.25) is 0 Å². The van der Waals surface area contributed by atoms with Crippen LogP contribution in [0.5, 0.6) is 11.5 Å². The number of hydrogen-bond donors (Lipinski definition) is 1. The molecule has 3 rings (SSSR count). The zero-order chi connectivity index (χ0) is 12.9. The number of hydrogen-bond acceptors (Lipinski definition) is 3. The van der Waals surface area contributed by atoms with Crippen molar-refractivity contribution in [3.05, 3.63) is 22.3 Å². The minimum Gasteiger partial charge on any atom is -0.493 e. The summed E-state index contributed by atoms with van der Waals surface area (Å²) in [7, 11) is 0. The molecular formula is C15H20O3. The fourth-order valence-corrected chi connectivity index (χ4v) is 3.13. The highest BCUT2D eigenvalue weighted by molar-refractivity contribution is 5.63. The zero-order valence-corrected chi connectivity index (χ0v) is 11.3. The fraction of sp³-hybridized carbons (Fsp3) is 0.600. The van der Waals surface area contributed by atoms with Gasteiger partial charge in [0.25, 0.3) is 0 Å². The van der Waals surface area contributed by atoms with Gasteiger partial charge in [-0.15, -0.1) is 0 Å². The van der Waals surface area contributed by atoms with Crippen LogP contribution in [0.2, 0.25) is 0 Å². The lowest BCUT2D eigenvalue weighted by Crippen LogP contribution is -2.24. The maximum Gasteiger partial charge on any atom is 0.127 e. The highest BCUT2D eigenvalue weighted by Crippen LogP contribution is 2.48. The van der Waals surface area contributed by atoms with Gasteiger partial charge in [-0.25, -0.2) is 0 Å². The molecule has 0 bridgehead atoms. The van der Waals surface area contributed by atoms with Crippen LogP contribution in [-0.2, 0) is 18.3 Å². The number of fused-ring (bicyclic) bond motifs is 2. The molecule has 0 atom stereocenters. The molecule has 0 spiro atoms. The molecule has 0 aromatic heterocycles. The second-order valence-corrected chi connectivity index (χ2v) is 5.85. The Hall–Kier alpha value is -1.22. The Morgan fingerprint density at radius 2 is 1.67 bits per heavy atom. The van der Waals surface area contributed by atoms with Crippen molar-refractivity contribution in [1.82, 2.24) is 0 Å². The molecule has 3 nitrogen and oxygen atoms in total. The molecule has 0 unspecified atom stereocenters. The van der Waals surface area contributed by atoms with Gasteiger partial charge >= 0.3 is 0 Å². The summed E-state index contributed by atoms with van der Waals surface area (Å²) in [5.41, 5.74) is 4.63. The molecule has 18 heavy (non-hydrogen) atoms. The number of aliphatic hydroxyl groups is 1. The molecule has 0 saturated heterocycles. The molecule has 2 heterocycles. The first-order chi connectivity index (χ1) is 8.56. The molecule has 2 aliphatic heterocycles. The molecule has 1 N–H and O–H groups in total. The summed E-state index contributed by atoms with van der Waals surface area (Å²) in [5.74, 6) is 2.05. The van der Waals surface area contributed by atoms with Crippen LogP contribution in [0.4, 0.5) is 0 Å². The van der Waals surface area contributed by atoms with Crippen molar-refractivity contribution in [1.29, 1.82) is 0 Å². The molecule has 2 aliphatic rings. The van der Waals surface area contributed by atoms with Crippen molar-refractivity contribution in [2.24, 2.45) is 0 Å². The van der Waals surface area contributed by atoms with Crippen LogP contribution in [0.25, 0.3) is 0 Å². The second-order valence-electron chi connectivity index (χ2n) is 5.85. The summed E-state index contributed by atoms with van der Waals surface area (Å²) in [4.78, 5) is 0. The molecule has 98 valence electrons. The molecule has 0 radical (unpaired) electrons. The van der Waals surface area contributed by atoms with Crippen LogP contribution in [0.1, 0.15) is 36.1 Å². The molecule has 0 aliphatic carbocycles. The van der Waals surface area contributed by atoms with E-state index >= 15 is 0 Å². The highest BCUT2D eigenvalue weighted by atomic mass is 16.5. The van der Waals surface area contributed by atoms with Crippen molar-refractivity contribution in [3.63, 3.8) is 0 Å². The van der Waals surface area contributed by atoms with Gasteiger partial charge in [-0.1, -0.05) is 13.8 Å².